The van der Waals surface area contributed by atoms with E-state index in [1.165, 1.54) is 0 Å². The maximum atomic E-state index is 12.6. The molecule has 0 saturated heterocycles. The number of anilines is 1. The molecule has 6 nitrogen and oxygen atoms in total. The smallest absolute Gasteiger partial charge is 0.338 e. The lowest BCUT2D eigenvalue weighted by atomic mass is 10.1. The van der Waals surface area contributed by atoms with Crippen LogP contribution in [-0.2, 0) is 16.0 Å². The van der Waals surface area contributed by atoms with Gasteiger partial charge in [0.1, 0.15) is 13.2 Å². The van der Waals surface area contributed by atoms with E-state index in [4.69, 9.17) is 14.2 Å². The first kappa shape index (κ1) is 16.4. The Morgan fingerprint density at radius 3 is 2.73 bits per heavy atom. The van der Waals surface area contributed by atoms with Crippen LogP contribution in [0.2, 0.25) is 0 Å². The Kier molecular flexibility index (Phi) is 4.24. The van der Waals surface area contributed by atoms with Gasteiger partial charge in [0.15, 0.2) is 18.1 Å². The molecule has 1 unspecified atom stereocenters. The van der Waals surface area contributed by atoms with Gasteiger partial charge in [0.25, 0.3) is 5.91 Å². The third kappa shape index (κ3) is 2.98. The topological polar surface area (TPSA) is 65.1 Å². The van der Waals surface area contributed by atoms with Crippen LogP contribution in [0.15, 0.2) is 42.5 Å². The summed E-state index contributed by atoms with van der Waals surface area (Å²) < 4.78 is 16.1. The summed E-state index contributed by atoms with van der Waals surface area (Å²) >= 11 is 0. The maximum absolute atomic E-state index is 12.6. The van der Waals surface area contributed by atoms with Crippen molar-refractivity contribution in [3.8, 4) is 11.5 Å². The molecule has 134 valence electrons. The molecule has 0 aromatic heterocycles. The molecule has 2 aromatic carbocycles. The first-order chi connectivity index (χ1) is 12.6. The zero-order valence-corrected chi connectivity index (χ0v) is 14.4. The number of amides is 1. The number of fused-ring (bicyclic) bond motifs is 2. The zero-order chi connectivity index (χ0) is 18.1. The van der Waals surface area contributed by atoms with Crippen LogP contribution in [-0.4, -0.2) is 37.7 Å². The van der Waals surface area contributed by atoms with Crippen LogP contribution in [0.25, 0.3) is 0 Å². The van der Waals surface area contributed by atoms with E-state index in [2.05, 4.69) is 0 Å². The summed E-state index contributed by atoms with van der Waals surface area (Å²) in [7, 11) is 0. The molecule has 0 bridgehead atoms. The molecule has 6 heteroatoms. The minimum absolute atomic E-state index is 0.0490. The van der Waals surface area contributed by atoms with E-state index in [1.54, 1.807) is 23.1 Å². The van der Waals surface area contributed by atoms with E-state index in [-0.39, 0.29) is 18.6 Å². The van der Waals surface area contributed by atoms with Crippen molar-refractivity contribution in [2.24, 2.45) is 0 Å². The first-order valence-electron chi connectivity index (χ1n) is 8.60. The van der Waals surface area contributed by atoms with Crippen molar-refractivity contribution in [3.63, 3.8) is 0 Å². The van der Waals surface area contributed by atoms with E-state index in [1.807, 2.05) is 31.2 Å². The molecule has 4 rings (SSSR count). The standard InChI is InChI=1S/C20H19NO5/c1-13-10-14-4-2-3-5-16(14)21(13)19(22)12-26-20(23)15-6-7-17-18(11-15)25-9-8-24-17/h2-7,11,13H,8-10,12H2,1H3. The quantitative estimate of drug-likeness (QED) is 0.794. The highest BCUT2D eigenvalue weighted by Gasteiger charge is 2.31. The number of ether oxygens (including phenoxy) is 3. The van der Waals surface area contributed by atoms with Gasteiger partial charge in [0, 0.05) is 11.7 Å². The van der Waals surface area contributed by atoms with E-state index in [0.717, 1.165) is 17.7 Å². The number of benzene rings is 2. The van der Waals surface area contributed by atoms with Gasteiger partial charge in [-0.05, 0) is 43.2 Å². The lowest BCUT2D eigenvalue weighted by Gasteiger charge is -2.22. The molecule has 26 heavy (non-hydrogen) atoms. The lowest BCUT2D eigenvalue weighted by molar-refractivity contribution is -0.122. The minimum atomic E-state index is -0.560. The van der Waals surface area contributed by atoms with Crippen molar-refractivity contribution < 1.29 is 23.8 Å². The normalized spacial score (nSPS) is 17.6. The van der Waals surface area contributed by atoms with Crippen molar-refractivity contribution >= 4 is 17.6 Å². The van der Waals surface area contributed by atoms with Crippen molar-refractivity contribution in [2.75, 3.05) is 24.7 Å². The highest BCUT2D eigenvalue weighted by Crippen LogP contribution is 2.32. The average Bonchev–Trinajstić information content (AvgIpc) is 3.01. The van der Waals surface area contributed by atoms with Gasteiger partial charge in [-0.2, -0.15) is 0 Å². The Bertz CT molecular complexity index is 863. The fourth-order valence-corrected chi connectivity index (χ4v) is 3.40. The molecular weight excluding hydrogens is 334 g/mol. The van der Waals surface area contributed by atoms with Crippen LogP contribution in [0.4, 0.5) is 5.69 Å². The Labute approximate surface area is 151 Å². The van der Waals surface area contributed by atoms with Crippen LogP contribution < -0.4 is 14.4 Å². The number of hydrogen-bond acceptors (Lipinski definition) is 5. The predicted molar refractivity (Wildman–Crippen MR) is 94.8 cm³/mol. The van der Waals surface area contributed by atoms with Crippen LogP contribution >= 0.6 is 0 Å². The molecule has 0 aliphatic carbocycles. The van der Waals surface area contributed by atoms with Crippen molar-refractivity contribution in [3.05, 3.63) is 53.6 Å². The van der Waals surface area contributed by atoms with Crippen LogP contribution in [0, 0.1) is 0 Å². The average molecular weight is 353 g/mol. The highest BCUT2D eigenvalue weighted by molar-refractivity contribution is 5.99. The van der Waals surface area contributed by atoms with Gasteiger partial charge < -0.3 is 19.1 Å². The SMILES string of the molecule is CC1Cc2ccccc2N1C(=O)COC(=O)c1ccc2c(c1)OCCO2. The molecule has 2 aliphatic heterocycles. The maximum Gasteiger partial charge on any atom is 0.338 e. The lowest BCUT2D eigenvalue weighted by Crippen LogP contribution is -2.38. The van der Waals surface area contributed by atoms with Gasteiger partial charge in [-0.25, -0.2) is 4.79 Å². The van der Waals surface area contributed by atoms with Crippen LogP contribution in [0.1, 0.15) is 22.8 Å². The van der Waals surface area contributed by atoms with Gasteiger partial charge in [0.2, 0.25) is 0 Å². The second-order valence-corrected chi connectivity index (χ2v) is 6.38. The van der Waals surface area contributed by atoms with Crippen LogP contribution in [0.5, 0.6) is 11.5 Å². The number of esters is 1. The Balaban J connectivity index is 1.42. The van der Waals surface area contributed by atoms with Crippen molar-refractivity contribution in [1.29, 1.82) is 0 Å². The third-order valence-electron chi connectivity index (χ3n) is 4.58. The second-order valence-electron chi connectivity index (χ2n) is 6.38. The zero-order valence-electron chi connectivity index (χ0n) is 14.4. The Hall–Kier alpha value is -3.02. The van der Waals surface area contributed by atoms with Crippen molar-refractivity contribution in [1.82, 2.24) is 0 Å². The summed E-state index contributed by atoms with van der Waals surface area (Å²) in [6.45, 7) is 2.61. The number of rotatable bonds is 3. The van der Waals surface area contributed by atoms with Crippen LogP contribution in [0.3, 0.4) is 0 Å². The summed E-state index contributed by atoms with van der Waals surface area (Å²) in [6.07, 6.45) is 0.804. The molecule has 2 aromatic rings. The highest BCUT2D eigenvalue weighted by atomic mass is 16.6. The van der Waals surface area contributed by atoms with E-state index >= 15 is 0 Å². The van der Waals surface area contributed by atoms with E-state index in [9.17, 15) is 9.59 Å². The largest absolute Gasteiger partial charge is 0.486 e. The summed E-state index contributed by atoms with van der Waals surface area (Å²) in [6, 6.07) is 12.7. The summed E-state index contributed by atoms with van der Waals surface area (Å²) in [4.78, 5) is 26.6. The number of hydrogen-bond donors (Lipinski definition) is 0. The first-order valence-corrected chi connectivity index (χ1v) is 8.60. The van der Waals surface area contributed by atoms with Gasteiger partial charge >= 0.3 is 5.97 Å². The summed E-state index contributed by atoms with van der Waals surface area (Å²) in [5, 5.41) is 0. The summed E-state index contributed by atoms with van der Waals surface area (Å²) in [5.41, 5.74) is 2.35. The van der Waals surface area contributed by atoms with E-state index in [0.29, 0.717) is 30.3 Å². The molecule has 0 saturated carbocycles. The molecule has 1 amide bonds. The van der Waals surface area contributed by atoms with Gasteiger partial charge in [-0.1, -0.05) is 18.2 Å². The molecular formula is C20H19NO5. The molecule has 0 fully saturated rings. The molecule has 2 aliphatic rings. The predicted octanol–water partition coefficient (Wildman–Crippen LogP) is 2.59. The Morgan fingerprint density at radius 2 is 1.88 bits per heavy atom. The molecule has 0 spiro atoms. The second kappa shape index (κ2) is 6.71. The number of para-hydroxylation sites is 1. The third-order valence-corrected chi connectivity index (χ3v) is 4.58. The molecule has 1 atom stereocenters. The molecule has 0 radical (unpaired) electrons. The fraction of sp³-hybridized carbons (Fsp3) is 0.300. The monoisotopic (exact) mass is 353 g/mol. The fourth-order valence-electron chi connectivity index (χ4n) is 3.40. The van der Waals surface area contributed by atoms with Gasteiger partial charge in [-0.3, -0.25) is 4.79 Å². The minimum Gasteiger partial charge on any atom is -0.486 e. The van der Waals surface area contributed by atoms with Gasteiger partial charge in [0.05, 0.1) is 5.56 Å². The van der Waals surface area contributed by atoms with E-state index < -0.39 is 5.97 Å². The van der Waals surface area contributed by atoms with Crippen molar-refractivity contribution in [2.45, 2.75) is 19.4 Å². The van der Waals surface area contributed by atoms with Gasteiger partial charge in [-0.15, -0.1) is 0 Å². The molecule has 2 heterocycles. The number of carbonyl (C=O) groups is 2. The number of carbonyl (C=O) groups excluding carboxylic acids is 2. The number of nitrogens with zero attached hydrogens (tertiary/aromatic N) is 1. The Morgan fingerprint density at radius 1 is 1.12 bits per heavy atom. The molecule has 0 N–H and O–H groups in total. The summed E-state index contributed by atoms with van der Waals surface area (Å²) in [5.74, 6) is 0.328.